The van der Waals surface area contributed by atoms with E-state index in [0.717, 1.165) is 0 Å². The van der Waals surface area contributed by atoms with Crippen LogP contribution in [0.15, 0.2) is 0 Å². The largest absolute Gasteiger partial charge is 1.00 e. The van der Waals surface area contributed by atoms with Gasteiger partial charge in [-0.2, -0.15) is 0 Å². The van der Waals surface area contributed by atoms with E-state index in [4.69, 9.17) is 0 Å². The van der Waals surface area contributed by atoms with Gasteiger partial charge in [0.05, 0.1) is 27.2 Å². The van der Waals surface area contributed by atoms with Gasteiger partial charge in [0.15, 0.2) is 0 Å². The third-order valence-electron chi connectivity index (χ3n) is 7.73. The molecule has 0 rings (SSSR count). The first-order valence-corrected chi connectivity index (χ1v) is 15.9. The number of quaternary nitrogens is 1. The van der Waals surface area contributed by atoms with Gasteiger partial charge in [-0.05, 0) is 25.7 Å². The molecule has 0 aliphatic carbocycles. The summed E-state index contributed by atoms with van der Waals surface area (Å²) in [5, 5.41) is 0. The van der Waals surface area contributed by atoms with Gasteiger partial charge in [-0.3, -0.25) is 0 Å². The van der Waals surface area contributed by atoms with Crippen molar-refractivity contribution in [1.29, 1.82) is 0 Å². The minimum absolute atomic E-state index is 0. The smallest absolute Gasteiger partial charge is 0.0782 e. The summed E-state index contributed by atoms with van der Waals surface area (Å²) in [4.78, 5) is 0. The van der Waals surface area contributed by atoms with E-state index in [2.05, 4.69) is 27.9 Å². The quantitative estimate of drug-likeness (QED) is 0.0747. The first kappa shape index (κ1) is 36.4. The average Bonchev–Trinajstić information content (AvgIpc) is 2.80. The molecule has 0 atom stereocenters. The molecule has 0 heterocycles. The molecular weight excluding hydrogens is 434 g/mol. The summed E-state index contributed by atoms with van der Waals surface area (Å²) in [6, 6.07) is 0. The van der Waals surface area contributed by atoms with E-state index in [1.165, 1.54) is 185 Å². The number of hydrogen-bond acceptors (Lipinski definition) is 0. The fourth-order valence-electron chi connectivity index (χ4n) is 5.23. The van der Waals surface area contributed by atoms with Crippen molar-refractivity contribution in [3.63, 3.8) is 0 Å². The number of halogens is 1. The third kappa shape index (κ3) is 30.3. The van der Waals surface area contributed by atoms with Crippen LogP contribution in [0.25, 0.3) is 0 Å². The fourth-order valence-corrected chi connectivity index (χ4v) is 5.23. The lowest BCUT2D eigenvalue weighted by molar-refractivity contribution is -0.890. The Morgan fingerprint density at radius 3 is 0.676 bits per heavy atom. The van der Waals surface area contributed by atoms with Crippen LogP contribution in [0.5, 0.6) is 0 Å². The Hall–Kier alpha value is 0.250. The molecule has 2 heteroatoms. The summed E-state index contributed by atoms with van der Waals surface area (Å²) in [5.41, 5.74) is 0. The van der Waals surface area contributed by atoms with E-state index in [1.807, 2.05) is 0 Å². The number of rotatable bonds is 28. The van der Waals surface area contributed by atoms with Crippen LogP contribution in [-0.4, -0.2) is 31.7 Å². The number of nitrogens with zero attached hydrogens (tertiary/aromatic N) is 1. The summed E-state index contributed by atoms with van der Waals surface area (Å²) in [7, 11) is 4.92. The van der Waals surface area contributed by atoms with Crippen molar-refractivity contribution in [2.45, 2.75) is 181 Å². The summed E-state index contributed by atoms with van der Waals surface area (Å²) < 4.78 is 1.25. The lowest BCUT2D eigenvalue weighted by Crippen LogP contribution is -3.00. The maximum Gasteiger partial charge on any atom is 0.0782 e. The first-order valence-electron chi connectivity index (χ1n) is 15.9. The van der Waals surface area contributed by atoms with Crippen molar-refractivity contribution < 1.29 is 16.9 Å². The van der Waals surface area contributed by atoms with Crippen molar-refractivity contribution in [2.75, 3.05) is 27.2 Å². The molecule has 0 aromatic heterocycles. The van der Waals surface area contributed by atoms with Gasteiger partial charge in [0.1, 0.15) is 0 Å². The van der Waals surface area contributed by atoms with Crippen LogP contribution < -0.4 is 12.4 Å². The minimum Gasteiger partial charge on any atom is -1.00 e. The normalized spacial score (nSPS) is 11.6. The fraction of sp³-hybridized carbons (Fsp3) is 1.00. The molecule has 208 valence electrons. The van der Waals surface area contributed by atoms with Gasteiger partial charge < -0.3 is 16.9 Å². The van der Waals surface area contributed by atoms with E-state index in [0.29, 0.717) is 0 Å². The topological polar surface area (TPSA) is 0 Å². The van der Waals surface area contributed by atoms with Crippen LogP contribution in [-0.2, 0) is 0 Å². The summed E-state index contributed by atoms with van der Waals surface area (Å²) in [6.07, 6.45) is 38.0. The molecule has 0 saturated carbocycles. The SMILES string of the molecule is CCCCCCCCCCCCCCC[N+](C)(C)CCCCCCCCCCCCCCC.[Cl-]. The molecule has 0 spiro atoms. The first-order chi connectivity index (χ1) is 16.1. The summed E-state index contributed by atoms with van der Waals surface area (Å²) >= 11 is 0. The highest BCUT2D eigenvalue weighted by Gasteiger charge is 2.13. The van der Waals surface area contributed by atoms with Crippen molar-refractivity contribution in [2.24, 2.45) is 0 Å². The van der Waals surface area contributed by atoms with Gasteiger partial charge in [0.25, 0.3) is 0 Å². The average molecular weight is 502 g/mol. The lowest BCUT2D eigenvalue weighted by atomic mass is 10.0. The molecule has 0 saturated heterocycles. The van der Waals surface area contributed by atoms with E-state index in [9.17, 15) is 0 Å². The van der Waals surface area contributed by atoms with Crippen LogP contribution in [0, 0.1) is 0 Å². The molecule has 0 amide bonds. The van der Waals surface area contributed by atoms with Crippen LogP contribution >= 0.6 is 0 Å². The zero-order chi connectivity index (χ0) is 24.3. The highest BCUT2D eigenvalue weighted by molar-refractivity contribution is 4.51. The maximum atomic E-state index is 2.46. The molecule has 0 aromatic carbocycles. The Kier molecular flexibility index (Phi) is 31.6. The second kappa shape index (κ2) is 29.5. The van der Waals surface area contributed by atoms with Crippen LogP contribution in [0.1, 0.15) is 181 Å². The van der Waals surface area contributed by atoms with E-state index >= 15 is 0 Å². The van der Waals surface area contributed by atoms with Crippen molar-refractivity contribution in [1.82, 2.24) is 0 Å². The van der Waals surface area contributed by atoms with Crippen molar-refractivity contribution >= 4 is 0 Å². The van der Waals surface area contributed by atoms with Crippen molar-refractivity contribution in [3.8, 4) is 0 Å². The van der Waals surface area contributed by atoms with Crippen molar-refractivity contribution in [3.05, 3.63) is 0 Å². The Morgan fingerprint density at radius 2 is 0.471 bits per heavy atom. The molecule has 0 bridgehead atoms. The van der Waals surface area contributed by atoms with Gasteiger partial charge in [-0.25, -0.2) is 0 Å². The predicted octanol–water partition coefficient (Wildman–Crippen LogP) is 8.25. The van der Waals surface area contributed by atoms with E-state index in [1.54, 1.807) is 0 Å². The molecule has 0 N–H and O–H groups in total. The van der Waals surface area contributed by atoms with Gasteiger partial charge in [0.2, 0.25) is 0 Å². The highest BCUT2D eigenvalue weighted by Crippen LogP contribution is 2.15. The van der Waals surface area contributed by atoms with Gasteiger partial charge >= 0.3 is 0 Å². The minimum atomic E-state index is 0. The molecule has 0 unspecified atom stereocenters. The second-order valence-corrected chi connectivity index (χ2v) is 11.9. The molecule has 0 aromatic rings. The second-order valence-electron chi connectivity index (χ2n) is 11.9. The Bertz CT molecular complexity index is 323. The van der Waals surface area contributed by atoms with Crippen LogP contribution in [0.3, 0.4) is 0 Å². The zero-order valence-electron chi connectivity index (χ0n) is 24.6. The summed E-state index contributed by atoms with van der Waals surface area (Å²) in [6.45, 7) is 7.38. The van der Waals surface area contributed by atoms with Gasteiger partial charge in [-0.15, -0.1) is 0 Å². The molecule has 0 aliphatic heterocycles. The molecule has 0 radical (unpaired) electrons. The Balaban J connectivity index is 0. The Morgan fingerprint density at radius 1 is 0.294 bits per heavy atom. The van der Waals surface area contributed by atoms with Gasteiger partial charge in [-0.1, -0.05) is 155 Å². The number of hydrogen-bond donors (Lipinski definition) is 0. The molecule has 34 heavy (non-hydrogen) atoms. The standard InChI is InChI=1S/C32H68N.ClH/c1-5-7-9-11-13-15-17-19-21-23-25-27-29-31-33(3,4)32-30-28-26-24-22-20-18-16-14-12-10-8-6-2;/h5-32H2,1-4H3;1H/q+1;/p-1. The highest BCUT2D eigenvalue weighted by atomic mass is 35.5. The molecule has 0 fully saturated rings. The monoisotopic (exact) mass is 502 g/mol. The van der Waals surface area contributed by atoms with E-state index < -0.39 is 0 Å². The maximum absolute atomic E-state index is 2.46. The third-order valence-corrected chi connectivity index (χ3v) is 7.73. The molecule has 1 nitrogen and oxygen atoms in total. The lowest BCUT2D eigenvalue weighted by Gasteiger charge is -2.30. The van der Waals surface area contributed by atoms with Crippen LogP contribution in [0.2, 0.25) is 0 Å². The van der Waals surface area contributed by atoms with Gasteiger partial charge in [0, 0.05) is 0 Å². The molecular formula is C32H68ClN. The summed E-state index contributed by atoms with van der Waals surface area (Å²) in [5.74, 6) is 0. The molecule has 0 aliphatic rings. The van der Waals surface area contributed by atoms with E-state index in [-0.39, 0.29) is 12.4 Å². The number of unbranched alkanes of at least 4 members (excludes halogenated alkanes) is 24. The Labute approximate surface area is 224 Å². The van der Waals surface area contributed by atoms with Crippen LogP contribution in [0.4, 0.5) is 0 Å². The predicted molar refractivity (Wildman–Crippen MR) is 153 cm³/mol. The zero-order valence-corrected chi connectivity index (χ0v) is 25.4.